The summed E-state index contributed by atoms with van der Waals surface area (Å²) in [7, 11) is 0. The molecule has 1 aromatic rings. The van der Waals surface area contributed by atoms with Crippen molar-refractivity contribution in [2.24, 2.45) is 5.92 Å². The molecule has 4 heteroatoms. The zero-order valence-corrected chi connectivity index (χ0v) is 10.2. The maximum Gasteiger partial charge on any atom is 0.0794 e. The fourth-order valence-electron chi connectivity index (χ4n) is 2.27. The molecule has 1 fully saturated rings. The van der Waals surface area contributed by atoms with Gasteiger partial charge in [0.2, 0.25) is 0 Å². The molecule has 2 unspecified atom stereocenters. The Morgan fingerprint density at radius 1 is 1.44 bits per heavy atom. The van der Waals surface area contributed by atoms with Crippen LogP contribution in [0.5, 0.6) is 0 Å². The van der Waals surface area contributed by atoms with Crippen LogP contribution in [0, 0.1) is 17.2 Å². The van der Waals surface area contributed by atoms with Gasteiger partial charge in [-0.1, -0.05) is 19.3 Å². The zero-order chi connectivity index (χ0) is 11.2. The van der Waals surface area contributed by atoms with Gasteiger partial charge < -0.3 is 5.32 Å². The average Bonchev–Trinajstić information content (AvgIpc) is 2.71. The molecule has 1 aliphatic rings. The van der Waals surface area contributed by atoms with Crippen molar-refractivity contribution < 1.29 is 0 Å². The summed E-state index contributed by atoms with van der Waals surface area (Å²) in [6.07, 6.45) is 7.82. The second-order valence-corrected chi connectivity index (χ2v) is 5.30. The zero-order valence-electron chi connectivity index (χ0n) is 9.35. The molecule has 3 nitrogen and oxygen atoms in total. The lowest BCUT2D eigenvalue weighted by Crippen LogP contribution is -2.34. The molecule has 1 aromatic heterocycles. The molecule has 0 aromatic carbocycles. The smallest absolute Gasteiger partial charge is 0.0794 e. The number of nitrogens with zero attached hydrogens (tertiary/aromatic N) is 2. The Kier molecular flexibility index (Phi) is 4.32. The lowest BCUT2D eigenvalue weighted by Gasteiger charge is -2.20. The second-order valence-electron chi connectivity index (χ2n) is 4.33. The van der Waals surface area contributed by atoms with Crippen LogP contribution in [0.2, 0.25) is 0 Å². The topological polar surface area (TPSA) is 48.7 Å². The molecular formula is C12H17N3S. The van der Waals surface area contributed by atoms with E-state index in [1.165, 1.54) is 24.1 Å². The molecule has 2 rings (SSSR count). The van der Waals surface area contributed by atoms with Crippen molar-refractivity contribution in [1.82, 2.24) is 10.3 Å². The summed E-state index contributed by atoms with van der Waals surface area (Å²) in [5.74, 6) is 0.190. The van der Waals surface area contributed by atoms with Crippen LogP contribution in [-0.4, -0.2) is 11.0 Å². The maximum absolute atomic E-state index is 9.14. The van der Waals surface area contributed by atoms with Crippen molar-refractivity contribution in [2.45, 2.75) is 44.7 Å². The minimum Gasteiger partial charge on any atom is -0.308 e. The number of aromatic nitrogens is 1. The Hall–Kier alpha value is -0.920. The van der Waals surface area contributed by atoms with Gasteiger partial charge >= 0.3 is 0 Å². The predicted octanol–water partition coefficient (Wildman–Crippen LogP) is 2.71. The molecule has 1 heterocycles. The SMILES string of the molecule is N#CC1CCCCCC1NCc1cncs1. The van der Waals surface area contributed by atoms with Crippen LogP contribution in [0.25, 0.3) is 0 Å². The van der Waals surface area contributed by atoms with Gasteiger partial charge in [-0.2, -0.15) is 5.26 Å². The highest BCUT2D eigenvalue weighted by Crippen LogP contribution is 2.23. The van der Waals surface area contributed by atoms with E-state index in [2.05, 4.69) is 16.4 Å². The molecular weight excluding hydrogens is 218 g/mol. The fourth-order valence-corrected chi connectivity index (χ4v) is 2.81. The highest BCUT2D eigenvalue weighted by Gasteiger charge is 2.22. The molecule has 86 valence electrons. The Labute approximate surface area is 101 Å². The van der Waals surface area contributed by atoms with E-state index in [9.17, 15) is 0 Å². The summed E-state index contributed by atoms with van der Waals surface area (Å²) in [5.41, 5.74) is 1.85. The standard InChI is InChI=1S/C12H17N3S/c13-6-10-4-2-1-3-5-12(10)15-8-11-7-14-9-16-11/h7,9-10,12,15H,1-5,8H2. The molecule has 1 saturated carbocycles. The Balaban J connectivity index is 1.88. The minimum absolute atomic E-state index is 0.190. The molecule has 16 heavy (non-hydrogen) atoms. The van der Waals surface area contributed by atoms with Crippen LogP contribution >= 0.6 is 11.3 Å². The van der Waals surface area contributed by atoms with Crippen LogP contribution < -0.4 is 5.32 Å². The van der Waals surface area contributed by atoms with Crippen LogP contribution in [0.3, 0.4) is 0 Å². The van der Waals surface area contributed by atoms with Crippen molar-refractivity contribution in [3.63, 3.8) is 0 Å². The number of nitriles is 1. The maximum atomic E-state index is 9.14. The van der Waals surface area contributed by atoms with Crippen molar-refractivity contribution >= 4 is 11.3 Å². The highest BCUT2D eigenvalue weighted by molar-refractivity contribution is 7.09. The molecule has 0 amide bonds. The van der Waals surface area contributed by atoms with Gasteiger partial charge in [-0.05, 0) is 12.8 Å². The third-order valence-electron chi connectivity index (χ3n) is 3.20. The van der Waals surface area contributed by atoms with Gasteiger partial charge in [-0.15, -0.1) is 11.3 Å². The normalized spacial score (nSPS) is 25.9. The predicted molar refractivity (Wildman–Crippen MR) is 64.9 cm³/mol. The molecule has 0 spiro atoms. The van der Waals surface area contributed by atoms with Crippen molar-refractivity contribution in [2.75, 3.05) is 0 Å². The number of thiazole rings is 1. The van der Waals surface area contributed by atoms with Gasteiger partial charge in [0.15, 0.2) is 0 Å². The first-order valence-corrected chi connectivity index (χ1v) is 6.78. The van der Waals surface area contributed by atoms with E-state index in [1.807, 2.05) is 11.7 Å². The third-order valence-corrected chi connectivity index (χ3v) is 3.98. The number of nitrogens with one attached hydrogen (secondary N) is 1. The van der Waals surface area contributed by atoms with Crippen LogP contribution in [0.4, 0.5) is 0 Å². The summed E-state index contributed by atoms with van der Waals surface area (Å²) < 4.78 is 0. The van der Waals surface area contributed by atoms with Crippen LogP contribution in [0.15, 0.2) is 11.7 Å². The van der Waals surface area contributed by atoms with E-state index in [4.69, 9.17) is 5.26 Å². The second kappa shape index (κ2) is 5.97. The first kappa shape index (κ1) is 11.6. The fraction of sp³-hybridized carbons (Fsp3) is 0.667. The Morgan fingerprint density at radius 2 is 2.31 bits per heavy atom. The van der Waals surface area contributed by atoms with E-state index in [-0.39, 0.29) is 5.92 Å². The molecule has 0 saturated heterocycles. The molecule has 0 bridgehead atoms. The monoisotopic (exact) mass is 235 g/mol. The molecule has 0 aliphatic heterocycles. The number of rotatable bonds is 3. The quantitative estimate of drug-likeness (QED) is 0.819. The van der Waals surface area contributed by atoms with Crippen LogP contribution in [-0.2, 0) is 6.54 Å². The van der Waals surface area contributed by atoms with E-state index in [1.54, 1.807) is 11.3 Å². The van der Waals surface area contributed by atoms with Gasteiger partial charge in [-0.25, -0.2) is 0 Å². The van der Waals surface area contributed by atoms with E-state index >= 15 is 0 Å². The lowest BCUT2D eigenvalue weighted by atomic mass is 9.96. The minimum atomic E-state index is 0.190. The first-order valence-electron chi connectivity index (χ1n) is 5.90. The van der Waals surface area contributed by atoms with Gasteiger partial charge in [0.05, 0.1) is 17.5 Å². The Morgan fingerprint density at radius 3 is 3.06 bits per heavy atom. The van der Waals surface area contributed by atoms with Gasteiger partial charge in [-0.3, -0.25) is 4.98 Å². The summed E-state index contributed by atoms with van der Waals surface area (Å²) in [6.45, 7) is 0.855. The summed E-state index contributed by atoms with van der Waals surface area (Å²) in [6, 6.07) is 2.82. The van der Waals surface area contributed by atoms with Crippen molar-refractivity contribution in [3.05, 3.63) is 16.6 Å². The van der Waals surface area contributed by atoms with Gasteiger partial charge in [0.25, 0.3) is 0 Å². The van der Waals surface area contributed by atoms with E-state index in [0.29, 0.717) is 6.04 Å². The van der Waals surface area contributed by atoms with Crippen LogP contribution in [0.1, 0.15) is 37.0 Å². The van der Waals surface area contributed by atoms with Crippen molar-refractivity contribution in [1.29, 1.82) is 5.26 Å². The van der Waals surface area contributed by atoms with E-state index < -0.39 is 0 Å². The van der Waals surface area contributed by atoms with Gasteiger partial charge in [0, 0.05) is 23.7 Å². The largest absolute Gasteiger partial charge is 0.308 e. The highest BCUT2D eigenvalue weighted by atomic mass is 32.1. The van der Waals surface area contributed by atoms with E-state index in [0.717, 1.165) is 19.4 Å². The lowest BCUT2D eigenvalue weighted by molar-refractivity contribution is 0.395. The van der Waals surface area contributed by atoms with Crippen molar-refractivity contribution in [3.8, 4) is 6.07 Å². The average molecular weight is 235 g/mol. The summed E-state index contributed by atoms with van der Waals surface area (Å²) in [5, 5.41) is 12.7. The van der Waals surface area contributed by atoms with Gasteiger partial charge in [0.1, 0.15) is 0 Å². The number of hydrogen-bond acceptors (Lipinski definition) is 4. The summed E-state index contributed by atoms with van der Waals surface area (Å²) >= 11 is 1.67. The molecule has 0 radical (unpaired) electrons. The third kappa shape index (κ3) is 3.03. The number of hydrogen-bond donors (Lipinski definition) is 1. The summed E-state index contributed by atoms with van der Waals surface area (Å²) in [4.78, 5) is 5.31. The first-order chi connectivity index (χ1) is 7.90. The molecule has 1 N–H and O–H groups in total. The Bertz CT molecular complexity index is 342. The molecule has 1 aliphatic carbocycles. The molecule has 2 atom stereocenters.